The molecule has 4 nitrogen and oxygen atoms in total. The Balaban J connectivity index is 2.20. The number of aliphatic carboxylic acids is 1. The average Bonchev–Trinajstić information content (AvgIpc) is 2.42. The summed E-state index contributed by atoms with van der Waals surface area (Å²) in [5.41, 5.74) is 0.314. The molecule has 0 bridgehead atoms. The van der Waals surface area contributed by atoms with Gasteiger partial charge in [0, 0.05) is 10.0 Å². The lowest BCUT2D eigenvalue weighted by Crippen LogP contribution is -2.56. The number of carboxylic acid groups (broad SMARTS) is 1. The molecule has 108 valence electrons. The molecule has 0 atom stereocenters. The van der Waals surface area contributed by atoms with Gasteiger partial charge < -0.3 is 10.4 Å². The third-order valence-corrected chi connectivity index (χ3v) is 5.40. The predicted molar refractivity (Wildman–Crippen MR) is 83.3 cm³/mol. The summed E-state index contributed by atoms with van der Waals surface area (Å²) in [4.78, 5) is 23.8. The highest BCUT2D eigenvalue weighted by atomic mass is 79.9. The molecule has 6 heteroatoms. The quantitative estimate of drug-likeness (QED) is 0.872. The van der Waals surface area contributed by atoms with Crippen LogP contribution in [0.25, 0.3) is 0 Å². The third kappa shape index (κ3) is 3.17. The molecular weight excluding hydrogens is 342 g/mol. The Morgan fingerprint density at radius 2 is 2.00 bits per heavy atom. The van der Waals surface area contributed by atoms with Crippen LogP contribution in [0.3, 0.4) is 0 Å². The van der Waals surface area contributed by atoms with Gasteiger partial charge in [-0.1, -0.05) is 15.9 Å². The van der Waals surface area contributed by atoms with Crippen LogP contribution in [-0.4, -0.2) is 34.0 Å². The van der Waals surface area contributed by atoms with Crippen molar-refractivity contribution in [1.82, 2.24) is 5.32 Å². The summed E-state index contributed by atoms with van der Waals surface area (Å²) >= 11 is 5.10. The molecule has 20 heavy (non-hydrogen) atoms. The highest BCUT2D eigenvalue weighted by Crippen LogP contribution is 2.28. The first-order valence-corrected chi connectivity index (χ1v) is 8.29. The van der Waals surface area contributed by atoms with Gasteiger partial charge in [0.2, 0.25) is 0 Å². The lowest BCUT2D eigenvalue weighted by molar-refractivity contribution is -0.144. The van der Waals surface area contributed by atoms with Gasteiger partial charge in [-0.25, -0.2) is 4.79 Å². The van der Waals surface area contributed by atoms with Crippen LogP contribution in [0.1, 0.15) is 28.8 Å². The molecule has 2 rings (SSSR count). The summed E-state index contributed by atoms with van der Waals surface area (Å²) in [6.07, 6.45) is 0.933. The molecule has 0 aromatic heterocycles. The number of hydrogen-bond donors (Lipinski definition) is 2. The molecule has 1 aromatic carbocycles. The number of aryl methyl sites for hydroxylation is 1. The van der Waals surface area contributed by atoms with Gasteiger partial charge in [-0.15, -0.1) is 0 Å². The van der Waals surface area contributed by atoms with E-state index >= 15 is 0 Å². The fourth-order valence-electron chi connectivity index (χ4n) is 2.19. The maximum Gasteiger partial charge on any atom is 0.329 e. The highest BCUT2D eigenvalue weighted by Gasteiger charge is 2.41. The van der Waals surface area contributed by atoms with Crippen molar-refractivity contribution in [2.24, 2.45) is 0 Å². The zero-order valence-corrected chi connectivity index (χ0v) is 13.5. The Bertz CT molecular complexity index is 541. The van der Waals surface area contributed by atoms with Gasteiger partial charge in [-0.05, 0) is 55.0 Å². The van der Waals surface area contributed by atoms with Gasteiger partial charge in [-0.2, -0.15) is 11.8 Å². The van der Waals surface area contributed by atoms with E-state index in [9.17, 15) is 14.7 Å². The number of benzene rings is 1. The van der Waals surface area contributed by atoms with E-state index in [-0.39, 0.29) is 5.91 Å². The molecule has 0 saturated carbocycles. The second-order valence-corrected chi connectivity index (χ2v) is 7.00. The Morgan fingerprint density at radius 3 is 2.55 bits per heavy atom. The molecule has 0 unspecified atom stereocenters. The van der Waals surface area contributed by atoms with E-state index < -0.39 is 11.5 Å². The molecule has 0 spiro atoms. The van der Waals surface area contributed by atoms with E-state index in [0.29, 0.717) is 18.4 Å². The van der Waals surface area contributed by atoms with Crippen molar-refractivity contribution in [3.05, 3.63) is 33.8 Å². The number of carbonyl (C=O) groups is 2. The Morgan fingerprint density at radius 1 is 1.35 bits per heavy atom. The zero-order valence-electron chi connectivity index (χ0n) is 11.1. The number of nitrogens with one attached hydrogen (secondary N) is 1. The van der Waals surface area contributed by atoms with E-state index in [2.05, 4.69) is 21.2 Å². The van der Waals surface area contributed by atoms with Crippen molar-refractivity contribution < 1.29 is 14.7 Å². The molecule has 0 radical (unpaired) electrons. The lowest BCUT2D eigenvalue weighted by Gasteiger charge is -2.33. The second kappa shape index (κ2) is 6.18. The molecular formula is C14H16BrNO3S. The Hall–Kier alpha value is -1.01. The van der Waals surface area contributed by atoms with Crippen molar-refractivity contribution in [3.63, 3.8) is 0 Å². The molecule has 1 fully saturated rings. The van der Waals surface area contributed by atoms with Crippen LogP contribution in [-0.2, 0) is 4.79 Å². The van der Waals surface area contributed by atoms with Crippen LogP contribution in [0, 0.1) is 6.92 Å². The number of thioether (sulfide) groups is 1. The van der Waals surface area contributed by atoms with Gasteiger partial charge in [0.25, 0.3) is 5.91 Å². The smallest absolute Gasteiger partial charge is 0.329 e. The summed E-state index contributed by atoms with van der Waals surface area (Å²) in [7, 11) is 0. The fraction of sp³-hybridized carbons (Fsp3) is 0.429. The minimum absolute atomic E-state index is 0.324. The van der Waals surface area contributed by atoms with Gasteiger partial charge in [0.1, 0.15) is 5.54 Å². The van der Waals surface area contributed by atoms with Gasteiger partial charge in [0.05, 0.1) is 0 Å². The van der Waals surface area contributed by atoms with Crippen LogP contribution >= 0.6 is 27.7 Å². The second-order valence-electron chi connectivity index (χ2n) is 4.92. The number of carboxylic acids is 1. The first kappa shape index (κ1) is 15.4. The van der Waals surface area contributed by atoms with E-state index in [4.69, 9.17) is 0 Å². The number of rotatable bonds is 3. The average molecular weight is 358 g/mol. The summed E-state index contributed by atoms with van der Waals surface area (Å²) in [5, 5.41) is 12.2. The van der Waals surface area contributed by atoms with Crippen LogP contribution in [0.2, 0.25) is 0 Å². The molecule has 0 aliphatic carbocycles. The molecule has 1 aliphatic heterocycles. The summed E-state index contributed by atoms with van der Waals surface area (Å²) in [5.74, 6) is 0.243. The monoisotopic (exact) mass is 357 g/mol. The maximum atomic E-state index is 12.3. The summed E-state index contributed by atoms with van der Waals surface area (Å²) in [6.45, 7) is 1.89. The standard InChI is InChI=1S/C14H16BrNO3S/c1-9-8-10(2-3-11(9)15)12(17)16-14(13(18)19)4-6-20-7-5-14/h2-3,8H,4-7H2,1H3,(H,16,17)(H,18,19). The maximum absolute atomic E-state index is 12.3. The topological polar surface area (TPSA) is 66.4 Å². The SMILES string of the molecule is Cc1cc(C(=O)NC2(C(=O)O)CCSCC2)ccc1Br. The zero-order chi connectivity index (χ0) is 14.8. The van der Waals surface area contributed by atoms with Crippen molar-refractivity contribution in [2.45, 2.75) is 25.3 Å². The molecule has 1 aliphatic rings. The van der Waals surface area contributed by atoms with Gasteiger partial charge in [0.15, 0.2) is 0 Å². The highest BCUT2D eigenvalue weighted by molar-refractivity contribution is 9.10. The normalized spacial score (nSPS) is 17.5. The molecule has 1 amide bonds. The molecule has 1 saturated heterocycles. The number of halogens is 1. The van der Waals surface area contributed by atoms with E-state index in [1.165, 1.54) is 0 Å². The van der Waals surface area contributed by atoms with Crippen molar-refractivity contribution in [3.8, 4) is 0 Å². The summed E-state index contributed by atoms with van der Waals surface area (Å²) in [6, 6.07) is 5.25. The lowest BCUT2D eigenvalue weighted by atomic mass is 9.91. The van der Waals surface area contributed by atoms with Crippen LogP contribution < -0.4 is 5.32 Å². The minimum atomic E-state index is -1.12. The van der Waals surface area contributed by atoms with Crippen molar-refractivity contribution >= 4 is 39.6 Å². The first-order valence-electron chi connectivity index (χ1n) is 6.34. The molecule has 2 N–H and O–H groups in total. The van der Waals surface area contributed by atoms with Crippen LogP contribution in [0.5, 0.6) is 0 Å². The van der Waals surface area contributed by atoms with Gasteiger partial charge in [-0.3, -0.25) is 4.79 Å². The van der Waals surface area contributed by atoms with Crippen molar-refractivity contribution in [2.75, 3.05) is 11.5 Å². The number of hydrogen-bond acceptors (Lipinski definition) is 3. The molecule has 1 aromatic rings. The largest absolute Gasteiger partial charge is 0.480 e. The fourth-order valence-corrected chi connectivity index (χ4v) is 3.62. The minimum Gasteiger partial charge on any atom is -0.480 e. The van der Waals surface area contributed by atoms with E-state index in [1.54, 1.807) is 30.0 Å². The molecule has 1 heterocycles. The Labute approximate surface area is 130 Å². The number of amides is 1. The van der Waals surface area contributed by atoms with Gasteiger partial charge >= 0.3 is 5.97 Å². The number of carbonyl (C=O) groups excluding carboxylic acids is 1. The third-order valence-electron chi connectivity index (χ3n) is 3.53. The van der Waals surface area contributed by atoms with Crippen molar-refractivity contribution in [1.29, 1.82) is 0 Å². The van der Waals surface area contributed by atoms with Crippen LogP contribution in [0.4, 0.5) is 0 Å². The summed E-state index contributed by atoms with van der Waals surface area (Å²) < 4.78 is 0.927. The van der Waals surface area contributed by atoms with E-state index in [0.717, 1.165) is 21.5 Å². The van der Waals surface area contributed by atoms with Crippen LogP contribution in [0.15, 0.2) is 22.7 Å². The first-order chi connectivity index (χ1) is 9.44. The Kier molecular flexibility index (Phi) is 4.75. The predicted octanol–water partition coefficient (Wildman–Crippen LogP) is 2.84. The van der Waals surface area contributed by atoms with E-state index in [1.807, 2.05) is 6.92 Å².